The second-order valence-corrected chi connectivity index (χ2v) is 5.41. The van der Waals surface area contributed by atoms with Crippen LogP contribution in [0.1, 0.15) is 11.1 Å². The number of nitrogens with zero attached hydrogens (tertiary/aromatic N) is 1. The molecule has 0 atom stereocenters. The molecule has 0 saturated heterocycles. The van der Waals surface area contributed by atoms with E-state index in [9.17, 15) is 14.9 Å². The molecule has 26 heavy (non-hydrogen) atoms. The van der Waals surface area contributed by atoms with E-state index in [4.69, 9.17) is 9.47 Å². The number of methoxy groups -OCH3 is 2. The minimum absolute atomic E-state index is 0.0153. The third kappa shape index (κ3) is 5.34. The minimum Gasteiger partial charge on any atom is -0.493 e. The Morgan fingerprint density at radius 1 is 1.12 bits per heavy atom. The molecule has 0 aliphatic carbocycles. The lowest BCUT2D eigenvalue weighted by atomic mass is 10.1. The molecule has 0 aliphatic rings. The highest BCUT2D eigenvalue weighted by Gasteiger charge is 2.05. The van der Waals surface area contributed by atoms with Crippen molar-refractivity contribution in [3.8, 4) is 11.5 Å². The third-order valence-electron chi connectivity index (χ3n) is 3.69. The Morgan fingerprint density at radius 3 is 2.42 bits per heavy atom. The fourth-order valence-electron chi connectivity index (χ4n) is 2.30. The number of carbonyl (C=O) groups excluding carboxylic acids is 1. The summed E-state index contributed by atoms with van der Waals surface area (Å²) in [6.07, 6.45) is 3.66. The number of nitro benzene ring substituents is 1. The van der Waals surface area contributed by atoms with Gasteiger partial charge in [-0.15, -0.1) is 0 Å². The predicted molar refractivity (Wildman–Crippen MR) is 98.4 cm³/mol. The Balaban J connectivity index is 1.84. The number of carbonyl (C=O) groups is 1. The Hall–Kier alpha value is -3.35. The topological polar surface area (TPSA) is 90.7 Å². The van der Waals surface area contributed by atoms with Crippen molar-refractivity contribution in [3.63, 3.8) is 0 Å². The zero-order chi connectivity index (χ0) is 18.9. The number of hydrogen-bond donors (Lipinski definition) is 1. The lowest BCUT2D eigenvalue weighted by molar-refractivity contribution is -0.384. The molecule has 0 heterocycles. The minimum atomic E-state index is -0.464. The van der Waals surface area contributed by atoms with Crippen molar-refractivity contribution in [2.24, 2.45) is 0 Å². The molecule has 0 aromatic heterocycles. The van der Waals surface area contributed by atoms with Crippen LogP contribution < -0.4 is 14.8 Å². The van der Waals surface area contributed by atoms with Gasteiger partial charge in [-0.05, 0) is 47.9 Å². The first-order valence-electron chi connectivity index (χ1n) is 7.94. The van der Waals surface area contributed by atoms with E-state index in [2.05, 4.69) is 5.32 Å². The summed E-state index contributed by atoms with van der Waals surface area (Å²) in [4.78, 5) is 22.0. The van der Waals surface area contributed by atoms with Gasteiger partial charge in [-0.2, -0.15) is 0 Å². The average Bonchev–Trinajstić information content (AvgIpc) is 2.66. The molecule has 136 valence electrons. The fourth-order valence-corrected chi connectivity index (χ4v) is 2.30. The highest BCUT2D eigenvalue weighted by Crippen LogP contribution is 2.27. The van der Waals surface area contributed by atoms with E-state index in [1.54, 1.807) is 32.4 Å². The van der Waals surface area contributed by atoms with Gasteiger partial charge in [0.25, 0.3) is 5.69 Å². The molecule has 0 saturated carbocycles. The van der Waals surface area contributed by atoms with Crippen LogP contribution in [0.25, 0.3) is 6.08 Å². The first-order chi connectivity index (χ1) is 12.5. The van der Waals surface area contributed by atoms with Crippen molar-refractivity contribution in [2.75, 3.05) is 20.8 Å². The number of nitrogens with one attached hydrogen (secondary N) is 1. The summed E-state index contributed by atoms with van der Waals surface area (Å²) >= 11 is 0. The maximum Gasteiger partial charge on any atom is 0.269 e. The Morgan fingerprint density at radius 2 is 1.81 bits per heavy atom. The van der Waals surface area contributed by atoms with Gasteiger partial charge in [-0.1, -0.05) is 6.07 Å². The normalized spacial score (nSPS) is 10.5. The first kappa shape index (κ1) is 19.0. The van der Waals surface area contributed by atoms with E-state index < -0.39 is 4.92 Å². The Labute approximate surface area is 151 Å². The largest absolute Gasteiger partial charge is 0.493 e. The van der Waals surface area contributed by atoms with E-state index in [1.807, 2.05) is 18.2 Å². The number of non-ortho nitro benzene ring substituents is 1. The van der Waals surface area contributed by atoms with Crippen molar-refractivity contribution in [1.29, 1.82) is 0 Å². The predicted octanol–water partition coefficient (Wildman–Crippen LogP) is 2.98. The molecule has 1 N–H and O–H groups in total. The maximum absolute atomic E-state index is 11.9. The van der Waals surface area contributed by atoms with Gasteiger partial charge in [0, 0.05) is 24.8 Å². The molecule has 0 bridgehead atoms. The van der Waals surface area contributed by atoms with Gasteiger partial charge in [0.15, 0.2) is 11.5 Å². The molecule has 0 spiro atoms. The molecule has 0 fully saturated rings. The Bertz CT molecular complexity index is 800. The van der Waals surface area contributed by atoms with Gasteiger partial charge in [0.1, 0.15) is 0 Å². The van der Waals surface area contributed by atoms with Gasteiger partial charge in [0.2, 0.25) is 5.91 Å². The van der Waals surface area contributed by atoms with E-state index >= 15 is 0 Å². The zero-order valence-electron chi connectivity index (χ0n) is 14.6. The molecule has 2 aromatic rings. The van der Waals surface area contributed by atoms with E-state index in [0.717, 1.165) is 5.56 Å². The zero-order valence-corrected chi connectivity index (χ0v) is 14.6. The highest BCUT2D eigenvalue weighted by molar-refractivity contribution is 5.91. The van der Waals surface area contributed by atoms with Crippen LogP contribution in [0.2, 0.25) is 0 Å². The second kappa shape index (κ2) is 9.22. The first-order valence-corrected chi connectivity index (χ1v) is 7.94. The van der Waals surface area contributed by atoms with Gasteiger partial charge >= 0.3 is 0 Å². The number of benzene rings is 2. The van der Waals surface area contributed by atoms with Gasteiger partial charge in [-0.25, -0.2) is 0 Å². The van der Waals surface area contributed by atoms with Gasteiger partial charge < -0.3 is 14.8 Å². The summed E-state index contributed by atoms with van der Waals surface area (Å²) in [6.45, 7) is 0.471. The molecule has 1 amide bonds. The van der Waals surface area contributed by atoms with Crippen molar-refractivity contribution in [2.45, 2.75) is 6.42 Å². The number of ether oxygens (including phenoxy) is 2. The summed E-state index contributed by atoms with van der Waals surface area (Å²) in [5.41, 5.74) is 1.74. The summed E-state index contributed by atoms with van der Waals surface area (Å²) in [5.74, 6) is 1.07. The number of nitro groups is 1. The van der Waals surface area contributed by atoms with Crippen LogP contribution in [0.3, 0.4) is 0 Å². The number of rotatable bonds is 8. The third-order valence-corrected chi connectivity index (χ3v) is 3.69. The highest BCUT2D eigenvalue weighted by atomic mass is 16.6. The molecular weight excluding hydrogens is 336 g/mol. The summed E-state index contributed by atoms with van der Waals surface area (Å²) in [6, 6.07) is 11.6. The Kier molecular flexibility index (Phi) is 6.73. The molecule has 0 aliphatic heterocycles. The van der Waals surface area contributed by atoms with Crippen LogP contribution in [0.5, 0.6) is 11.5 Å². The summed E-state index contributed by atoms with van der Waals surface area (Å²) in [7, 11) is 3.15. The van der Waals surface area contributed by atoms with Crippen molar-refractivity contribution in [1.82, 2.24) is 5.32 Å². The quantitative estimate of drug-likeness (QED) is 0.446. The standard InChI is InChI=1S/C19H20N2O5/c1-25-17-9-5-15(13-18(17)26-2)11-12-20-19(22)10-6-14-3-7-16(8-4-14)21(23)24/h3-10,13H,11-12H2,1-2H3,(H,20,22)/b10-6+. The van der Waals surface area contributed by atoms with Crippen molar-refractivity contribution >= 4 is 17.7 Å². The smallest absolute Gasteiger partial charge is 0.269 e. The van der Waals surface area contributed by atoms with Crippen LogP contribution in [-0.2, 0) is 11.2 Å². The van der Waals surface area contributed by atoms with E-state index in [0.29, 0.717) is 30.0 Å². The van der Waals surface area contributed by atoms with Crippen LogP contribution in [0.15, 0.2) is 48.5 Å². The van der Waals surface area contributed by atoms with Crippen LogP contribution in [0.4, 0.5) is 5.69 Å². The van der Waals surface area contributed by atoms with Crippen molar-refractivity contribution in [3.05, 3.63) is 69.8 Å². The molecular formula is C19H20N2O5. The van der Waals surface area contributed by atoms with Gasteiger partial charge in [0.05, 0.1) is 19.1 Å². The summed E-state index contributed by atoms with van der Waals surface area (Å²) < 4.78 is 10.4. The van der Waals surface area contributed by atoms with Crippen molar-refractivity contribution < 1.29 is 19.2 Å². The lowest BCUT2D eigenvalue weighted by Crippen LogP contribution is -2.23. The second-order valence-electron chi connectivity index (χ2n) is 5.41. The number of hydrogen-bond acceptors (Lipinski definition) is 5. The van der Waals surface area contributed by atoms with Crippen LogP contribution in [-0.4, -0.2) is 31.6 Å². The molecule has 0 unspecified atom stereocenters. The van der Waals surface area contributed by atoms with E-state index in [-0.39, 0.29) is 11.6 Å². The monoisotopic (exact) mass is 356 g/mol. The molecule has 0 radical (unpaired) electrons. The van der Waals surface area contributed by atoms with E-state index in [1.165, 1.54) is 18.2 Å². The number of amides is 1. The fraction of sp³-hybridized carbons (Fsp3) is 0.211. The SMILES string of the molecule is COc1ccc(CCNC(=O)/C=C/c2ccc([N+](=O)[O-])cc2)cc1OC. The molecule has 7 heteroatoms. The van der Waals surface area contributed by atoms with Crippen LogP contribution >= 0.6 is 0 Å². The van der Waals surface area contributed by atoms with Gasteiger partial charge in [-0.3, -0.25) is 14.9 Å². The molecule has 2 rings (SSSR count). The maximum atomic E-state index is 11.9. The van der Waals surface area contributed by atoms with Crippen LogP contribution in [0, 0.1) is 10.1 Å². The molecule has 2 aromatic carbocycles. The summed E-state index contributed by atoms with van der Waals surface area (Å²) in [5, 5.41) is 13.4. The molecule has 7 nitrogen and oxygen atoms in total. The average molecular weight is 356 g/mol. The lowest BCUT2D eigenvalue weighted by Gasteiger charge is -2.09.